The molecule has 1 saturated heterocycles. The highest BCUT2D eigenvalue weighted by Crippen LogP contribution is 2.35. The molecule has 0 aliphatic carbocycles. The van der Waals surface area contributed by atoms with Crippen molar-refractivity contribution in [2.75, 3.05) is 40.5 Å². The summed E-state index contributed by atoms with van der Waals surface area (Å²) in [5.41, 5.74) is 0. The van der Waals surface area contributed by atoms with E-state index in [9.17, 15) is 9.59 Å². The van der Waals surface area contributed by atoms with Crippen LogP contribution in [0.4, 0.5) is 0 Å². The fraction of sp³-hybridized carbons (Fsp3) is 0.957. The first kappa shape index (κ1) is 50.8. The van der Waals surface area contributed by atoms with E-state index in [1.165, 1.54) is 103 Å². The van der Waals surface area contributed by atoms with Crippen LogP contribution < -0.4 is 0 Å². The van der Waals surface area contributed by atoms with Crippen molar-refractivity contribution in [3.8, 4) is 0 Å². The molecule has 320 valence electrons. The molecule has 0 spiro atoms. The molecule has 7 heteroatoms. The van der Waals surface area contributed by atoms with E-state index in [1.54, 1.807) is 0 Å². The number of ether oxygens (including phenoxy) is 4. The zero-order chi connectivity index (χ0) is 39.5. The first-order valence-electron chi connectivity index (χ1n) is 23.5. The van der Waals surface area contributed by atoms with Gasteiger partial charge < -0.3 is 23.8 Å². The van der Waals surface area contributed by atoms with Gasteiger partial charge in [-0.2, -0.15) is 0 Å². The Labute approximate surface area is 335 Å². The summed E-state index contributed by atoms with van der Waals surface area (Å²) in [4.78, 5) is 26.8. The van der Waals surface area contributed by atoms with Gasteiger partial charge in [0.2, 0.25) is 0 Å². The van der Waals surface area contributed by atoms with E-state index in [-0.39, 0.29) is 18.0 Å². The minimum atomic E-state index is -0.431. The zero-order valence-corrected chi connectivity index (χ0v) is 36.9. The van der Waals surface area contributed by atoms with Gasteiger partial charge in [0.15, 0.2) is 5.79 Å². The van der Waals surface area contributed by atoms with Crippen LogP contribution in [0.15, 0.2) is 0 Å². The van der Waals surface area contributed by atoms with Gasteiger partial charge in [-0.1, -0.05) is 156 Å². The molecule has 54 heavy (non-hydrogen) atoms. The van der Waals surface area contributed by atoms with Crippen LogP contribution in [-0.2, 0) is 28.5 Å². The number of carbonyl (C=O) groups excluding carboxylic acids is 2. The van der Waals surface area contributed by atoms with Gasteiger partial charge in [0.1, 0.15) is 0 Å². The van der Waals surface area contributed by atoms with Crippen molar-refractivity contribution in [2.45, 2.75) is 239 Å². The summed E-state index contributed by atoms with van der Waals surface area (Å²) in [6.45, 7) is 11.9. The molecule has 0 aromatic heterocycles. The Hall–Kier alpha value is -1.18. The third kappa shape index (κ3) is 28.3. The predicted molar refractivity (Wildman–Crippen MR) is 227 cm³/mol. The molecule has 1 fully saturated rings. The predicted octanol–water partition coefficient (Wildman–Crippen LogP) is 13.2. The number of hydrogen-bond acceptors (Lipinski definition) is 7. The second kappa shape index (κ2) is 35.0. The van der Waals surface area contributed by atoms with Crippen molar-refractivity contribution >= 4 is 11.9 Å². The molecule has 1 aliphatic rings. The lowest BCUT2D eigenvalue weighted by atomic mass is 9.93. The van der Waals surface area contributed by atoms with Crippen molar-refractivity contribution in [3.05, 3.63) is 0 Å². The molecule has 1 rings (SSSR count). The fourth-order valence-electron chi connectivity index (χ4n) is 7.95. The molecule has 2 atom stereocenters. The number of nitrogens with zero attached hydrogens (tertiary/aromatic N) is 1. The Kier molecular flexibility index (Phi) is 33.0. The van der Waals surface area contributed by atoms with Gasteiger partial charge in [-0.3, -0.25) is 9.59 Å². The van der Waals surface area contributed by atoms with Crippen molar-refractivity contribution in [3.63, 3.8) is 0 Å². The number of carbonyl (C=O) groups is 2. The van der Waals surface area contributed by atoms with Crippen LogP contribution in [0.5, 0.6) is 0 Å². The Bertz CT molecular complexity index is 851. The summed E-state index contributed by atoms with van der Waals surface area (Å²) in [5.74, 6) is 0.954. The van der Waals surface area contributed by atoms with E-state index >= 15 is 0 Å². The average Bonchev–Trinajstić information content (AvgIpc) is 3.57. The van der Waals surface area contributed by atoms with Gasteiger partial charge in [0.25, 0.3) is 0 Å². The second-order valence-electron chi connectivity index (χ2n) is 17.1. The van der Waals surface area contributed by atoms with Crippen LogP contribution >= 0.6 is 0 Å². The van der Waals surface area contributed by atoms with Crippen LogP contribution in [0.3, 0.4) is 0 Å². The summed E-state index contributed by atoms with van der Waals surface area (Å²) >= 11 is 0. The van der Waals surface area contributed by atoms with Gasteiger partial charge in [-0.15, -0.1) is 0 Å². The normalized spacial score (nSPS) is 17.3. The summed E-state index contributed by atoms with van der Waals surface area (Å²) in [5, 5.41) is 0. The van der Waals surface area contributed by atoms with Gasteiger partial charge in [-0.05, 0) is 70.9 Å². The van der Waals surface area contributed by atoms with Crippen molar-refractivity contribution < 1.29 is 28.5 Å². The highest BCUT2D eigenvalue weighted by Gasteiger charge is 2.40. The van der Waals surface area contributed by atoms with E-state index in [0.29, 0.717) is 44.5 Å². The maximum Gasteiger partial charge on any atom is 0.305 e. The SMILES string of the molecule is CCCCC(CCCC)CCOC(=O)CCCCCCCCCC1(CCCCCCCC(=O)OCCC(CCCC)CCCC)OCC(CCN(C)C)O1. The van der Waals surface area contributed by atoms with E-state index < -0.39 is 5.79 Å². The highest BCUT2D eigenvalue weighted by molar-refractivity contribution is 5.69. The lowest BCUT2D eigenvalue weighted by molar-refractivity contribution is -0.180. The third-order valence-electron chi connectivity index (χ3n) is 11.6. The number of esters is 2. The molecular formula is C47H91NO6. The Morgan fingerprint density at radius 2 is 0.963 bits per heavy atom. The van der Waals surface area contributed by atoms with Gasteiger partial charge in [0, 0.05) is 32.2 Å². The summed E-state index contributed by atoms with van der Waals surface area (Å²) in [6.07, 6.45) is 34.8. The standard InChI is InChI=1S/C47H91NO6/c1-7-11-27-42(28-12-8-2)34-39-51-45(49)31-23-19-16-15-17-21-25-36-47(53-41-44(54-47)33-38-48(5)6)37-26-22-18-20-24-32-46(50)52-40-35-43(29-13-9-3)30-14-10-4/h42-44H,7-41H2,1-6H3. The largest absolute Gasteiger partial charge is 0.466 e. The molecule has 0 aromatic carbocycles. The molecule has 0 N–H and O–H groups in total. The smallest absolute Gasteiger partial charge is 0.305 e. The van der Waals surface area contributed by atoms with Crippen LogP contribution in [0, 0.1) is 11.8 Å². The monoisotopic (exact) mass is 766 g/mol. The number of unbranched alkanes of at least 4 members (excludes halogenated alkanes) is 14. The van der Waals surface area contributed by atoms with E-state index in [1.807, 2.05) is 0 Å². The van der Waals surface area contributed by atoms with Crippen LogP contribution in [-0.4, -0.2) is 69.2 Å². The fourth-order valence-corrected chi connectivity index (χ4v) is 7.95. The van der Waals surface area contributed by atoms with Crippen LogP contribution in [0.2, 0.25) is 0 Å². The molecule has 0 bridgehead atoms. The summed E-state index contributed by atoms with van der Waals surface area (Å²) in [6, 6.07) is 0. The molecule has 0 aromatic rings. The minimum Gasteiger partial charge on any atom is -0.466 e. The molecule has 0 amide bonds. The van der Waals surface area contributed by atoms with Crippen molar-refractivity contribution in [1.82, 2.24) is 4.90 Å². The number of rotatable bonds is 39. The van der Waals surface area contributed by atoms with Gasteiger partial charge >= 0.3 is 11.9 Å². The van der Waals surface area contributed by atoms with Crippen molar-refractivity contribution in [2.24, 2.45) is 11.8 Å². The molecule has 1 heterocycles. The second-order valence-corrected chi connectivity index (χ2v) is 17.1. The number of hydrogen-bond donors (Lipinski definition) is 0. The molecular weight excluding hydrogens is 675 g/mol. The summed E-state index contributed by atoms with van der Waals surface area (Å²) in [7, 11) is 4.24. The van der Waals surface area contributed by atoms with Crippen LogP contribution in [0.1, 0.15) is 227 Å². The summed E-state index contributed by atoms with van der Waals surface area (Å²) < 4.78 is 24.3. The highest BCUT2D eigenvalue weighted by atomic mass is 16.7. The Morgan fingerprint density at radius 1 is 0.574 bits per heavy atom. The molecule has 0 radical (unpaired) electrons. The maximum atomic E-state index is 12.3. The minimum absolute atomic E-state index is 0.00954. The zero-order valence-electron chi connectivity index (χ0n) is 36.9. The molecule has 7 nitrogen and oxygen atoms in total. The van der Waals surface area contributed by atoms with E-state index in [4.69, 9.17) is 18.9 Å². The average molecular weight is 766 g/mol. The topological polar surface area (TPSA) is 74.3 Å². The van der Waals surface area contributed by atoms with Crippen LogP contribution in [0.25, 0.3) is 0 Å². The maximum absolute atomic E-state index is 12.3. The molecule has 2 unspecified atom stereocenters. The quantitative estimate of drug-likeness (QED) is 0.0455. The van der Waals surface area contributed by atoms with Crippen molar-refractivity contribution in [1.29, 1.82) is 0 Å². The third-order valence-corrected chi connectivity index (χ3v) is 11.6. The Morgan fingerprint density at radius 3 is 1.35 bits per heavy atom. The first-order chi connectivity index (χ1) is 26.3. The van der Waals surface area contributed by atoms with E-state index in [2.05, 4.69) is 46.7 Å². The first-order valence-corrected chi connectivity index (χ1v) is 23.5. The molecule has 0 saturated carbocycles. The van der Waals surface area contributed by atoms with Gasteiger partial charge in [0.05, 0.1) is 25.9 Å². The van der Waals surface area contributed by atoms with E-state index in [0.717, 1.165) is 90.0 Å². The lowest BCUT2D eigenvalue weighted by Crippen LogP contribution is -2.31. The van der Waals surface area contributed by atoms with Gasteiger partial charge in [-0.25, -0.2) is 0 Å². The lowest BCUT2D eigenvalue weighted by Gasteiger charge is -2.29. The Balaban J connectivity index is 2.25. The molecule has 1 aliphatic heterocycles.